The lowest BCUT2D eigenvalue weighted by molar-refractivity contribution is -0.385. The normalized spacial score (nSPS) is 11.2. The summed E-state index contributed by atoms with van der Waals surface area (Å²) in [5.74, 6) is 0.567. The Morgan fingerprint density at radius 2 is 1.96 bits per heavy atom. The van der Waals surface area contributed by atoms with Crippen LogP contribution in [-0.4, -0.2) is 20.5 Å². The Morgan fingerprint density at radius 3 is 2.61 bits per heavy atom. The van der Waals surface area contributed by atoms with Crippen molar-refractivity contribution in [3.05, 3.63) is 63.7 Å². The van der Waals surface area contributed by atoms with Crippen molar-refractivity contribution in [2.45, 2.75) is 18.4 Å². The maximum absolute atomic E-state index is 12.3. The predicted octanol–water partition coefficient (Wildman–Crippen LogP) is 2.39. The molecule has 0 aromatic heterocycles. The third-order valence-corrected chi connectivity index (χ3v) is 4.63. The molecule has 2 aromatic rings. The van der Waals surface area contributed by atoms with Crippen LogP contribution in [0.1, 0.15) is 11.1 Å². The van der Waals surface area contributed by atoms with Crippen molar-refractivity contribution >= 4 is 15.7 Å². The number of hydrogen-bond donors (Lipinski definition) is 1. The van der Waals surface area contributed by atoms with E-state index in [9.17, 15) is 18.5 Å². The van der Waals surface area contributed by atoms with Crippen LogP contribution in [0.25, 0.3) is 0 Å². The van der Waals surface area contributed by atoms with Gasteiger partial charge in [0.2, 0.25) is 10.0 Å². The number of hydrogen-bond acceptors (Lipinski definition) is 5. The van der Waals surface area contributed by atoms with Gasteiger partial charge in [0.25, 0.3) is 5.69 Å². The van der Waals surface area contributed by atoms with Gasteiger partial charge in [-0.3, -0.25) is 10.1 Å². The topological polar surface area (TPSA) is 98.5 Å². The summed E-state index contributed by atoms with van der Waals surface area (Å²) in [6.45, 7) is 1.91. The molecule has 0 aliphatic carbocycles. The molecule has 0 aliphatic rings. The van der Waals surface area contributed by atoms with Crippen LogP contribution in [0.3, 0.4) is 0 Å². The van der Waals surface area contributed by atoms with Crippen LogP contribution in [0, 0.1) is 17.0 Å². The number of nitrogens with zero attached hydrogens (tertiary/aromatic N) is 1. The van der Waals surface area contributed by atoms with Crippen molar-refractivity contribution in [1.82, 2.24) is 4.72 Å². The van der Waals surface area contributed by atoms with Gasteiger partial charge in [-0.2, -0.15) is 0 Å². The Bertz CT molecular complexity index is 834. The molecule has 2 aromatic carbocycles. The summed E-state index contributed by atoms with van der Waals surface area (Å²) in [6, 6.07) is 10.3. The fourth-order valence-electron chi connectivity index (χ4n) is 2.07. The molecule has 0 bridgehead atoms. The van der Waals surface area contributed by atoms with E-state index in [1.54, 1.807) is 6.07 Å². The van der Waals surface area contributed by atoms with Crippen molar-refractivity contribution in [2.75, 3.05) is 7.11 Å². The van der Waals surface area contributed by atoms with Gasteiger partial charge in [0, 0.05) is 24.2 Å². The molecule has 8 heteroatoms. The molecule has 0 fully saturated rings. The fourth-order valence-corrected chi connectivity index (χ4v) is 3.11. The van der Waals surface area contributed by atoms with Crippen LogP contribution < -0.4 is 9.46 Å². The molecule has 23 heavy (non-hydrogen) atoms. The minimum absolute atomic E-state index is 0.0237. The van der Waals surface area contributed by atoms with Gasteiger partial charge < -0.3 is 4.74 Å². The smallest absolute Gasteiger partial charge is 0.270 e. The van der Waals surface area contributed by atoms with Crippen LogP contribution in [0.4, 0.5) is 5.69 Å². The SMILES string of the molecule is COc1ccc(C)cc1CNS(=O)(=O)c1cccc([N+](=O)[O-])c1. The van der Waals surface area contributed by atoms with E-state index in [0.717, 1.165) is 11.6 Å². The molecule has 0 saturated heterocycles. The van der Waals surface area contributed by atoms with E-state index in [2.05, 4.69) is 4.72 Å². The zero-order valence-corrected chi connectivity index (χ0v) is 13.5. The molecule has 0 atom stereocenters. The molecule has 0 aliphatic heterocycles. The molecule has 2 rings (SSSR count). The Balaban J connectivity index is 2.24. The van der Waals surface area contributed by atoms with Crippen molar-refractivity contribution < 1.29 is 18.1 Å². The second-order valence-electron chi connectivity index (χ2n) is 4.89. The van der Waals surface area contributed by atoms with Crippen molar-refractivity contribution in [3.63, 3.8) is 0 Å². The highest BCUT2D eigenvalue weighted by Crippen LogP contribution is 2.21. The first-order valence-corrected chi connectivity index (χ1v) is 8.19. The van der Waals surface area contributed by atoms with Crippen LogP contribution in [-0.2, 0) is 16.6 Å². The van der Waals surface area contributed by atoms with Gasteiger partial charge in [-0.25, -0.2) is 13.1 Å². The van der Waals surface area contributed by atoms with Gasteiger partial charge in [0.05, 0.1) is 16.9 Å². The van der Waals surface area contributed by atoms with E-state index >= 15 is 0 Å². The van der Waals surface area contributed by atoms with E-state index in [-0.39, 0.29) is 17.1 Å². The standard InChI is InChI=1S/C15H16N2O5S/c1-11-6-7-15(22-2)12(8-11)10-16-23(20,21)14-5-3-4-13(9-14)17(18)19/h3-9,16H,10H2,1-2H3. The fraction of sp³-hybridized carbons (Fsp3) is 0.200. The summed E-state index contributed by atoms with van der Waals surface area (Å²) in [5, 5.41) is 10.8. The van der Waals surface area contributed by atoms with Gasteiger partial charge in [0.1, 0.15) is 5.75 Å². The van der Waals surface area contributed by atoms with E-state index in [4.69, 9.17) is 4.74 Å². The van der Waals surface area contributed by atoms with Crippen molar-refractivity contribution in [3.8, 4) is 5.75 Å². The highest BCUT2D eigenvalue weighted by molar-refractivity contribution is 7.89. The van der Waals surface area contributed by atoms with Crippen molar-refractivity contribution in [1.29, 1.82) is 0 Å². The largest absolute Gasteiger partial charge is 0.496 e. The molecule has 0 saturated carbocycles. The molecule has 0 unspecified atom stereocenters. The molecule has 122 valence electrons. The average Bonchev–Trinajstić information content (AvgIpc) is 2.53. The third kappa shape index (κ3) is 4.05. The number of rotatable bonds is 6. The second kappa shape index (κ2) is 6.76. The van der Waals surface area contributed by atoms with Gasteiger partial charge in [-0.15, -0.1) is 0 Å². The molecular weight excluding hydrogens is 320 g/mol. The number of non-ortho nitro benzene ring substituents is 1. The molecular formula is C15H16N2O5S. The summed E-state index contributed by atoms with van der Waals surface area (Å²) in [7, 11) is -2.36. The summed E-state index contributed by atoms with van der Waals surface area (Å²) in [6.07, 6.45) is 0. The highest BCUT2D eigenvalue weighted by atomic mass is 32.2. The molecule has 1 N–H and O–H groups in total. The quantitative estimate of drug-likeness (QED) is 0.645. The molecule has 0 radical (unpaired) electrons. The van der Waals surface area contributed by atoms with E-state index in [0.29, 0.717) is 11.3 Å². The van der Waals surface area contributed by atoms with Crippen LogP contribution >= 0.6 is 0 Å². The summed E-state index contributed by atoms with van der Waals surface area (Å²) in [4.78, 5) is 9.96. The predicted molar refractivity (Wildman–Crippen MR) is 84.9 cm³/mol. The molecule has 0 spiro atoms. The first-order chi connectivity index (χ1) is 10.8. The van der Waals surface area contributed by atoms with Gasteiger partial charge in [0.15, 0.2) is 0 Å². The maximum atomic E-state index is 12.3. The van der Waals surface area contributed by atoms with Gasteiger partial charge in [-0.05, 0) is 19.1 Å². The Hall–Kier alpha value is -2.45. The first-order valence-electron chi connectivity index (χ1n) is 6.71. The number of methoxy groups -OCH3 is 1. The molecule has 7 nitrogen and oxygen atoms in total. The molecule has 0 amide bonds. The average molecular weight is 336 g/mol. The summed E-state index contributed by atoms with van der Waals surface area (Å²) in [5.41, 5.74) is 1.37. The number of sulfonamides is 1. The first kappa shape index (κ1) is 16.9. The highest BCUT2D eigenvalue weighted by Gasteiger charge is 2.18. The second-order valence-corrected chi connectivity index (χ2v) is 6.66. The number of nitrogens with one attached hydrogen (secondary N) is 1. The maximum Gasteiger partial charge on any atom is 0.270 e. The Labute approximate surface area is 134 Å². The number of nitro groups is 1. The number of aryl methyl sites for hydroxylation is 1. The van der Waals surface area contributed by atoms with Crippen LogP contribution in [0.2, 0.25) is 0 Å². The van der Waals surface area contributed by atoms with Crippen molar-refractivity contribution in [2.24, 2.45) is 0 Å². The Morgan fingerprint density at radius 1 is 1.22 bits per heavy atom. The lowest BCUT2D eigenvalue weighted by Crippen LogP contribution is -2.23. The number of ether oxygens (including phenoxy) is 1. The number of benzene rings is 2. The van der Waals surface area contributed by atoms with E-state index in [1.165, 1.54) is 25.3 Å². The zero-order chi connectivity index (χ0) is 17.0. The van der Waals surface area contributed by atoms with Crippen LogP contribution in [0.15, 0.2) is 47.4 Å². The minimum Gasteiger partial charge on any atom is -0.496 e. The monoisotopic (exact) mass is 336 g/mol. The third-order valence-electron chi connectivity index (χ3n) is 3.23. The molecule has 0 heterocycles. The lowest BCUT2D eigenvalue weighted by atomic mass is 10.1. The lowest BCUT2D eigenvalue weighted by Gasteiger charge is -2.11. The van der Waals surface area contributed by atoms with Gasteiger partial charge in [-0.1, -0.05) is 23.8 Å². The Kier molecular flexibility index (Phi) is 4.97. The van der Waals surface area contributed by atoms with E-state index < -0.39 is 14.9 Å². The van der Waals surface area contributed by atoms with Crippen LogP contribution in [0.5, 0.6) is 5.75 Å². The summed E-state index contributed by atoms with van der Waals surface area (Å²) < 4.78 is 32.2. The van der Waals surface area contributed by atoms with E-state index in [1.807, 2.05) is 19.1 Å². The van der Waals surface area contributed by atoms with Gasteiger partial charge >= 0.3 is 0 Å². The minimum atomic E-state index is -3.86. The zero-order valence-electron chi connectivity index (χ0n) is 12.6. The number of nitro benzene ring substituents is 1. The summed E-state index contributed by atoms with van der Waals surface area (Å²) >= 11 is 0.